The normalized spacial score (nSPS) is 22.1. The van der Waals surface area contributed by atoms with Crippen LogP contribution in [0.2, 0.25) is 0 Å². The zero-order valence-electron chi connectivity index (χ0n) is 14.3. The molecular formula is C18H27N5. The molecule has 0 unspecified atom stereocenters. The SMILES string of the molecule is Cc1cnn2cc(N3CCC(N4CCN(C)CC4)CC3)ccc12. The number of likely N-dealkylation sites (N-methyl/N-ethyl adjacent to an activating group) is 1. The number of fused-ring (bicyclic) bond motifs is 1. The number of anilines is 1. The van der Waals surface area contributed by atoms with Gasteiger partial charge in [-0.2, -0.15) is 5.10 Å². The van der Waals surface area contributed by atoms with E-state index in [1.54, 1.807) is 0 Å². The number of rotatable bonds is 2. The van der Waals surface area contributed by atoms with Gasteiger partial charge in [0.05, 0.1) is 23.6 Å². The summed E-state index contributed by atoms with van der Waals surface area (Å²) in [4.78, 5) is 7.66. The second-order valence-corrected chi connectivity index (χ2v) is 7.10. The maximum Gasteiger partial charge on any atom is 0.0692 e. The highest BCUT2D eigenvalue weighted by atomic mass is 15.3. The average Bonchev–Trinajstić information content (AvgIpc) is 2.96. The van der Waals surface area contributed by atoms with Gasteiger partial charge in [0.25, 0.3) is 0 Å². The minimum Gasteiger partial charge on any atom is -0.370 e. The van der Waals surface area contributed by atoms with Crippen LogP contribution in [0.4, 0.5) is 5.69 Å². The Bertz CT molecular complexity index is 663. The number of nitrogens with zero attached hydrogens (tertiary/aromatic N) is 5. The molecule has 0 amide bonds. The van der Waals surface area contributed by atoms with Crippen LogP contribution in [0.5, 0.6) is 0 Å². The molecule has 0 radical (unpaired) electrons. The molecule has 2 saturated heterocycles. The lowest BCUT2D eigenvalue weighted by Gasteiger charge is -2.42. The van der Waals surface area contributed by atoms with Crippen molar-refractivity contribution in [1.82, 2.24) is 19.4 Å². The van der Waals surface area contributed by atoms with Crippen molar-refractivity contribution < 1.29 is 0 Å². The van der Waals surface area contributed by atoms with E-state index in [2.05, 4.69) is 52.1 Å². The number of aryl methyl sites for hydroxylation is 1. The molecule has 2 fully saturated rings. The first-order valence-electron chi connectivity index (χ1n) is 8.82. The first kappa shape index (κ1) is 15.0. The Labute approximate surface area is 138 Å². The van der Waals surface area contributed by atoms with Crippen molar-refractivity contribution in [3.05, 3.63) is 30.1 Å². The van der Waals surface area contributed by atoms with E-state index in [0.29, 0.717) is 0 Å². The predicted molar refractivity (Wildman–Crippen MR) is 94.2 cm³/mol. The molecule has 4 heterocycles. The van der Waals surface area contributed by atoms with E-state index in [-0.39, 0.29) is 0 Å². The van der Waals surface area contributed by atoms with Gasteiger partial charge < -0.3 is 9.80 Å². The molecule has 0 atom stereocenters. The van der Waals surface area contributed by atoms with Crippen molar-refractivity contribution in [2.75, 3.05) is 51.2 Å². The number of aromatic nitrogens is 2. The molecule has 23 heavy (non-hydrogen) atoms. The second kappa shape index (κ2) is 6.13. The first-order valence-corrected chi connectivity index (χ1v) is 8.82. The molecule has 0 saturated carbocycles. The van der Waals surface area contributed by atoms with Crippen molar-refractivity contribution in [3.8, 4) is 0 Å². The topological polar surface area (TPSA) is 27.0 Å². The number of piperidine rings is 1. The van der Waals surface area contributed by atoms with Gasteiger partial charge in [0.15, 0.2) is 0 Å². The molecule has 0 aromatic carbocycles. The van der Waals surface area contributed by atoms with E-state index in [1.165, 1.54) is 55.8 Å². The third-order valence-corrected chi connectivity index (χ3v) is 5.58. The number of piperazine rings is 1. The van der Waals surface area contributed by atoms with E-state index in [0.717, 1.165) is 19.1 Å². The van der Waals surface area contributed by atoms with Crippen molar-refractivity contribution in [3.63, 3.8) is 0 Å². The Kier molecular flexibility index (Phi) is 3.99. The monoisotopic (exact) mass is 313 g/mol. The molecule has 124 valence electrons. The van der Waals surface area contributed by atoms with Crippen LogP contribution in [0.25, 0.3) is 5.52 Å². The second-order valence-electron chi connectivity index (χ2n) is 7.10. The van der Waals surface area contributed by atoms with Gasteiger partial charge >= 0.3 is 0 Å². The Balaban J connectivity index is 1.40. The molecule has 2 aromatic rings. The number of hydrogen-bond donors (Lipinski definition) is 0. The van der Waals surface area contributed by atoms with Gasteiger partial charge in [0.2, 0.25) is 0 Å². The minimum atomic E-state index is 0.774. The molecule has 5 heteroatoms. The minimum absolute atomic E-state index is 0.774. The standard InChI is InChI=1S/C18H27N5/c1-15-13-19-23-14-17(3-4-18(15)23)21-7-5-16(6-8-21)22-11-9-20(2)10-12-22/h3-4,13-14,16H,5-12H2,1-2H3. The molecule has 2 aliphatic rings. The molecule has 0 aliphatic carbocycles. The zero-order chi connectivity index (χ0) is 15.8. The van der Waals surface area contributed by atoms with Gasteiger partial charge in [-0.05, 0) is 44.5 Å². The summed E-state index contributed by atoms with van der Waals surface area (Å²) >= 11 is 0. The maximum atomic E-state index is 4.45. The van der Waals surface area contributed by atoms with E-state index in [4.69, 9.17) is 0 Å². The van der Waals surface area contributed by atoms with Gasteiger partial charge in [0.1, 0.15) is 0 Å². The fourth-order valence-corrected chi connectivity index (χ4v) is 3.96. The summed E-state index contributed by atoms with van der Waals surface area (Å²) in [5.41, 5.74) is 3.75. The smallest absolute Gasteiger partial charge is 0.0692 e. The summed E-state index contributed by atoms with van der Waals surface area (Å²) < 4.78 is 2.01. The summed E-state index contributed by atoms with van der Waals surface area (Å²) in [5, 5.41) is 4.45. The first-order chi connectivity index (χ1) is 11.2. The fraction of sp³-hybridized carbons (Fsp3) is 0.611. The summed E-state index contributed by atoms with van der Waals surface area (Å²) in [6.45, 7) is 9.33. The van der Waals surface area contributed by atoms with Crippen LogP contribution in [-0.4, -0.2) is 71.8 Å². The van der Waals surface area contributed by atoms with Crippen molar-refractivity contribution >= 4 is 11.2 Å². The van der Waals surface area contributed by atoms with E-state index in [1.807, 2.05) is 10.7 Å². The lowest BCUT2D eigenvalue weighted by Crippen LogP contribution is -2.52. The van der Waals surface area contributed by atoms with E-state index < -0.39 is 0 Å². The quantitative estimate of drug-likeness (QED) is 0.846. The lowest BCUT2D eigenvalue weighted by atomic mass is 10.0. The van der Waals surface area contributed by atoms with E-state index in [9.17, 15) is 0 Å². The highest BCUT2D eigenvalue weighted by Gasteiger charge is 2.26. The van der Waals surface area contributed by atoms with Crippen molar-refractivity contribution in [1.29, 1.82) is 0 Å². The van der Waals surface area contributed by atoms with Crippen LogP contribution in [-0.2, 0) is 0 Å². The molecule has 2 aromatic heterocycles. The van der Waals surface area contributed by atoms with Crippen LogP contribution in [0.3, 0.4) is 0 Å². The molecular weight excluding hydrogens is 286 g/mol. The van der Waals surface area contributed by atoms with Gasteiger partial charge in [0, 0.05) is 45.3 Å². The average molecular weight is 313 g/mol. The van der Waals surface area contributed by atoms with Crippen LogP contribution in [0.15, 0.2) is 24.5 Å². The summed E-state index contributed by atoms with van der Waals surface area (Å²) in [7, 11) is 2.23. The van der Waals surface area contributed by atoms with Crippen LogP contribution in [0, 0.1) is 6.92 Å². The Morgan fingerprint density at radius 3 is 2.48 bits per heavy atom. The van der Waals surface area contributed by atoms with Gasteiger partial charge in [-0.25, -0.2) is 4.52 Å². The molecule has 0 bridgehead atoms. The lowest BCUT2D eigenvalue weighted by molar-refractivity contribution is 0.0982. The van der Waals surface area contributed by atoms with Crippen molar-refractivity contribution in [2.24, 2.45) is 0 Å². The zero-order valence-corrected chi connectivity index (χ0v) is 14.3. The Morgan fingerprint density at radius 2 is 1.74 bits per heavy atom. The van der Waals surface area contributed by atoms with Crippen molar-refractivity contribution in [2.45, 2.75) is 25.8 Å². The van der Waals surface area contributed by atoms with Crippen LogP contribution < -0.4 is 4.90 Å². The van der Waals surface area contributed by atoms with Crippen LogP contribution >= 0.6 is 0 Å². The fourth-order valence-electron chi connectivity index (χ4n) is 3.96. The highest BCUT2D eigenvalue weighted by molar-refractivity contribution is 5.58. The van der Waals surface area contributed by atoms with Crippen LogP contribution in [0.1, 0.15) is 18.4 Å². The number of hydrogen-bond acceptors (Lipinski definition) is 4. The Morgan fingerprint density at radius 1 is 1.00 bits per heavy atom. The van der Waals surface area contributed by atoms with E-state index >= 15 is 0 Å². The Hall–Kier alpha value is -1.59. The molecule has 0 spiro atoms. The third kappa shape index (κ3) is 2.95. The third-order valence-electron chi connectivity index (χ3n) is 5.58. The number of pyridine rings is 1. The maximum absolute atomic E-state index is 4.45. The largest absolute Gasteiger partial charge is 0.370 e. The predicted octanol–water partition coefficient (Wildman–Crippen LogP) is 1.86. The molecule has 2 aliphatic heterocycles. The molecule has 0 N–H and O–H groups in total. The molecule has 5 nitrogen and oxygen atoms in total. The highest BCUT2D eigenvalue weighted by Crippen LogP contribution is 2.24. The summed E-state index contributed by atoms with van der Waals surface area (Å²) in [6.07, 6.45) is 6.68. The molecule has 4 rings (SSSR count). The summed E-state index contributed by atoms with van der Waals surface area (Å²) in [5.74, 6) is 0. The van der Waals surface area contributed by atoms with Gasteiger partial charge in [-0.1, -0.05) is 0 Å². The summed E-state index contributed by atoms with van der Waals surface area (Å²) in [6, 6.07) is 5.22. The van der Waals surface area contributed by atoms with Gasteiger partial charge in [-0.3, -0.25) is 4.90 Å². The van der Waals surface area contributed by atoms with Gasteiger partial charge in [-0.15, -0.1) is 0 Å².